The Balaban J connectivity index is 1.58. The summed E-state index contributed by atoms with van der Waals surface area (Å²) in [4.78, 5) is 17.7. The normalized spacial score (nSPS) is 18.0. The van der Waals surface area contributed by atoms with Gasteiger partial charge in [-0.1, -0.05) is 48.9 Å². The number of anilines is 1. The van der Waals surface area contributed by atoms with Gasteiger partial charge in [-0.3, -0.25) is 4.79 Å². The first-order valence-electron chi connectivity index (χ1n) is 9.76. The van der Waals surface area contributed by atoms with E-state index < -0.39 is 16.1 Å². The molecule has 0 saturated carbocycles. The summed E-state index contributed by atoms with van der Waals surface area (Å²) in [5.41, 5.74) is 2.05. The fourth-order valence-corrected chi connectivity index (χ4v) is 6.22. The molecule has 8 heteroatoms. The predicted octanol–water partition coefficient (Wildman–Crippen LogP) is 4.04. The van der Waals surface area contributed by atoms with Crippen molar-refractivity contribution in [2.75, 3.05) is 11.9 Å². The van der Waals surface area contributed by atoms with Gasteiger partial charge in [-0.15, -0.1) is 0 Å². The largest absolute Gasteiger partial charge is 0.301 e. The van der Waals surface area contributed by atoms with Crippen molar-refractivity contribution in [3.05, 3.63) is 54.1 Å². The Hall–Kier alpha value is -2.29. The van der Waals surface area contributed by atoms with Gasteiger partial charge in [-0.05, 0) is 49.1 Å². The molecule has 0 bridgehead atoms. The van der Waals surface area contributed by atoms with Gasteiger partial charge in [0.15, 0.2) is 5.13 Å². The highest BCUT2D eigenvalue weighted by molar-refractivity contribution is 7.89. The molecule has 0 unspecified atom stereocenters. The first-order valence-corrected chi connectivity index (χ1v) is 12.0. The second-order valence-electron chi connectivity index (χ2n) is 7.10. The van der Waals surface area contributed by atoms with Gasteiger partial charge in [-0.25, -0.2) is 13.4 Å². The summed E-state index contributed by atoms with van der Waals surface area (Å²) in [6, 6.07) is 13.6. The van der Waals surface area contributed by atoms with Gasteiger partial charge in [0.25, 0.3) is 0 Å². The molecule has 2 aromatic carbocycles. The molecular weight excluding hydrogens is 406 g/mol. The summed E-state index contributed by atoms with van der Waals surface area (Å²) < 4.78 is 28.5. The lowest BCUT2D eigenvalue weighted by Crippen LogP contribution is -2.49. The number of piperidine rings is 1. The third kappa shape index (κ3) is 4.05. The minimum Gasteiger partial charge on any atom is -0.301 e. The van der Waals surface area contributed by atoms with E-state index >= 15 is 0 Å². The van der Waals surface area contributed by atoms with E-state index in [0.29, 0.717) is 18.1 Å². The number of carbonyl (C=O) groups is 1. The Bertz CT molecular complexity index is 1130. The van der Waals surface area contributed by atoms with E-state index in [1.54, 1.807) is 30.3 Å². The quantitative estimate of drug-likeness (QED) is 0.664. The van der Waals surface area contributed by atoms with Gasteiger partial charge in [0, 0.05) is 6.54 Å². The van der Waals surface area contributed by atoms with Crippen molar-refractivity contribution in [3.8, 4) is 0 Å². The molecule has 1 amide bonds. The van der Waals surface area contributed by atoms with Gasteiger partial charge in [-0.2, -0.15) is 4.31 Å². The average Bonchev–Trinajstić information content (AvgIpc) is 3.15. The maximum Gasteiger partial charge on any atom is 0.244 e. The van der Waals surface area contributed by atoms with E-state index in [1.807, 2.05) is 12.1 Å². The summed E-state index contributed by atoms with van der Waals surface area (Å²) in [5.74, 6) is -0.320. The molecule has 1 fully saturated rings. The van der Waals surface area contributed by atoms with Crippen molar-refractivity contribution in [2.45, 2.75) is 43.5 Å². The van der Waals surface area contributed by atoms with Crippen LogP contribution in [0.25, 0.3) is 10.2 Å². The molecule has 3 aromatic rings. The first kappa shape index (κ1) is 20.0. The molecule has 152 valence electrons. The topological polar surface area (TPSA) is 79.4 Å². The molecule has 1 aliphatic rings. The molecule has 1 saturated heterocycles. The molecule has 1 aliphatic heterocycles. The number of aromatic nitrogens is 1. The molecule has 4 rings (SSSR count). The van der Waals surface area contributed by atoms with E-state index in [4.69, 9.17) is 0 Å². The van der Waals surface area contributed by atoms with E-state index in [-0.39, 0.29) is 10.8 Å². The van der Waals surface area contributed by atoms with Gasteiger partial charge < -0.3 is 5.32 Å². The Morgan fingerprint density at radius 1 is 1.21 bits per heavy atom. The first-order chi connectivity index (χ1) is 14.0. The second kappa shape index (κ2) is 8.22. The summed E-state index contributed by atoms with van der Waals surface area (Å²) in [6.45, 7) is 2.44. The Morgan fingerprint density at radius 3 is 2.76 bits per heavy atom. The van der Waals surface area contributed by atoms with Crippen LogP contribution in [-0.4, -0.2) is 36.2 Å². The molecule has 0 radical (unpaired) electrons. The smallest absolute Gasteiger partial charge is 0.244 e. The van der Waals surface area contributed by atoms with E-state index in [1.165, 1.54) is 21.2 Å². The number of fused-ring (bicyclic) bond motifs is 1. The molecule has 29 heavy (non-hydrogen) atoms. The summed E-state index contributed by atoms with van der Waals surface area (Å²) >= 11 is 1.41. The highest BCUT2D eigenvalue weighted by Gasteiger charge is 2.37. The zero-order chi connectivity index (χ0) is 20.4. The zero-order valence-electron chi connectivity index (χ0n) is 16.2. The fraction of sp³-hybridized carbons (Fsp3) is 0.333. The number of nitrogens with one attached hydrogen (secondary N) is 1. The third-order valence-electron chi connectivity index (χ3n) is 5.20. The number of rotatable bonds is 5. The molecule has 0 aliphatic carbocycles. The maximum atomic E-state index is 13.1. The van der Waals surface area contributed by atoms with Crippen molar-refractivity contribution in [2.24, 2.45) is 0 Å². The summed E-state index contributed by atoms with van der Waals surface area (Å²) in [5, 5.41) is 3.36. The molecular formula is C21H23N3O3S2. The fourth-order valence-electron chi connectivity index (χ4n) is 3.61. The molecule has 6 nitrogen and oxygen atoms in total. The number of aryl methyl sites for hydroxylation is 1. The lowest BCUT2D eigenvalue weighted by Gasteiger charge is -2.33. The van der Waals surface area contributed by atoms with Crippen molar-refractivity contribution >= 4 is 42.6 Å². The van der Waals surface area contributed by atoms with Crippen LogP contribution in [0.5, 0.6) is 0 Å². The Labute approximate surface area is 174 Å². The van der Waals surface area contributed by atoms with Crippen LogP contribution in [0.4, 0.5) is 5.13 Å². The number of carbonyl (C=O) groups excluding carboxylic acids is 1. The predicted molar refractivity (Wildman–Crippen MR) is 116 cm³/mol. The van der Waals surface area contributed by atoms with Gasteiger partial charge in [0.1, 0.15) is 6.04 Å². The van der Waals surface area contributed by atoms with Crippen LogP contribution in [0.15, 0.2) is 53.4 Å². The molecule has 1 N–H and O–H groups in total. The van der Waals surface area contributed by atoms with E-state index in [9.17, 15) is 13.2 Å². The number of benzene rings is 2. The number of hydrogen-bond donors (Lipinski definition) is 1. The van der Waals surface area contributed by atoms with Gasteiger partial charge in [0.2, 0.25) is 15.9 Å². The van der Waals surface area contributed by atoms with E-state index in [0.717, 1.165) is 29.5 Å². The van der Waals surface area contributed by atoms with Crippen molar-refractivity contribution in [1.82, 2.24) is 9.29 Å². The summed E-state index contributed by atoms with van der Waals surface area (Å²) in [6.07, 6.45) is 3.00. The van der Waals surface area contributed by atoms with Crippen LogP contribution in [0, 0.1) is 0 Å². The monoisotopic (exact) mass is 429 g/mol. The minimum atomic E-state index is -3.73. The van der Waals surface area contributed by atoms with Crippen LogP contribution in [0.1, 0.15) is 31.7 Å². The van der Waals surface area contributed by atoms with Crippen LogP contribution in [0.3, 0.4) is 0 Å². The number of amides is 1. The van der Waals surface area contributed by atoms with Crippen LogP contribution in [0.2, 0.25) is 0 Å². The van der Waals surface area contributed by atoms with Crippen molar-refractivity contribution < 1.29 is 13.2 Å². The number of thiazole rings is 1. The van der Waals surface area contributed by atoms with Crippen molar-refractivity contribution in [1.29, 1.82) is 0 Å². The van der Waals surface area contributed by atoms with Gasteiger partial charge in [0.05, 0.1) is 15.1 Å². The lowest BCUT2D eigenvalue weighted by atomic mass is 10.0. The minimum absolute atomic E-state index is 0.215. The molecule has 1 atom stereocenters. The lowest BCUT2D eigenvalue weighted by molar-refractivity contribution is -0.120. The van der Waals surface area contributed by atoms with Gasteiger partial charge >= 0.3 is 0 Å². The zero-order valence-corrected chi connectivity index (χ0v) is 17.8. The van der Waals surface area contributed by atoms with Crippen LogP contribution >= 0.6 is 11.3 Å². The molecule has 2 heterocycles. The molecule has 0 spiro atoms. The summed E-state index contributed by atoms with van der Waals surface area (Å²) in [7, 11) is -3.73. The second-order valence-corrected chi connectivity index (χ2v) is 10.0. The highest BCUT2D eigenvalue weighted by atomic mass is 32.2. The number of nitrogens with zero attached hydrogens (tertiary/aromatic N) is 2. The average molecular weight is 430 g/mol. The van der Waals surface area contributed by atoms with Crippen molar-refractivity contribution in [3.63, 3.8) is 0 Å². The third-order valence-corrected chi connectivity index (χ3v) is 8.05. The standard InChI is InChI=1S/C21H23N3O3S2/c1-2-15-11-12-17-19(14-15)28-21(22-17)23-20(25)18-10-6-7-13-24(18)29(26,27)16-8-4-3-5-9-16/h3-5,8-9,11-12,14,18H,2,6-7,10,13H2,1H3,(H,22,23,25)/t18-/m0/s1. The van der Waals surface area contributed by atoms with E-state index in [2.05, 4.69) is 23.3 Å². The SMILES string of the molecule is CCc1ccc2nc(NC(=O)[C@@H]3CCCCN3S(=O)(=O)c3ccccc3)sc2c1. The number of sulfonamides is 1. The maximum absolute atomic E-state index is 13.1. The molecule has 1 aromatic heterocycles. The highest BCUT2D eigenvalue weighted by Crippen LogP contribution is 2.29. The Kier molecular flexibility index (Phi) is 5.67. The van der Waals surface area contributed by atoms with Crippen LogP contribution < -0.4 is 5.32 Å². The Morgan fingerprint density at radius 2 is 2.00 bits per heavy atom. The number of hydrogen-bond acceptors (Lipinski definition) is 5. The van der Waals surface area contributed by atoms with Crippen LogP contribution in [-0.2, 0) is 21.2 Å².